The van der Waals surface area contributed by atoms with Gasteiger partial charge in [0.15, 0.2) is 0 Å². The molecule has 1 amide bonds. The lowest BCUT2D eigenvalue weighted by Gasteiger charge is -2.11. The Morgan fingerprint density at radius 3 is 2.25 bits per heavy atom. The predicted octanol–water partition coefficient (Wildman–Crippen LogP) is 3.30. The molecule has 0 aliphatic heterocycles. The molecule has 1 rings (SSSR count). The summed E-state index contributed by atoms with van der Waals surface area (Å²) in [5.74, 6) is -1.71. The number of aromatic carboxylic acids is 1. The van der Waals surface area contributed by atoms with E-state index in [1.54, 1.807) is 0 Å². The van der Waals surface area contributed by atoms with E-state index in [-0.39, 0.29) is 26.3 Å². The third-order valence-corrected chi connectivity index (χ3v) is 2.66. The number of amides is 1. The van der Waals surface area contributed by atoms with Crippen LogP contribution in [0, 0.1) is 0 Å². The molecule has 2 N–H and O–H groups in total. The molecule has 0 spiro atoms. The molecule has 0 aliphatic rings. The van der Waals surface area contributed by atoms with Crippen molar-refractivity contribution in [2.24, 2.45) is 0 Å². The van der Waals surface area contributed by atoms with Gasteiger partial charge in [-0.05, 0) is 6.07 Å². The summed E-state index contributed by atoms with van der Waals surface area (Å²) in [6.07, 6.45) is 0. The van der Waals surface area contributed by atoms with Gasteiger partial charge < -0.3 is 10.4 Å². The maximum Gasteiger partial charge on any atom is 0.338 e. The maximum absolute atomic E-state index is 10.9. The van der Waals surface area contributed by atoms with E-state index in [1.165, 1.54) is 13.0 Å². The molecular weight excluding hydrogens is 276 g/mol. The van der Waals surface area contributed by atoms with Crippen LogP contribution in [0.4, 0.5) is 5.69 Å². The summed E-state index contributed by atoms with van der Waals surface area (Å²) in [5.41, 5.74) is -0.255. The second-order valence-electron chi connectivity index (χ2n) is 2.89. The largest absolute Gasteiger partial charge is 0.478 e. The van der Waals surface area contributed by atoms with Crippen LogP contribution in [0.25, 0.3) is 0 Å². The van der Waals surface area contributed by atoms with Crippen LogP contribution in [-0.2, 0) is 4.79 Å². The van der Waals surface area contributed by atoms with Gasteiger partial charge in [0, 0.05) is 6.92 Å². The summed E-state index contributed by atoms with van der Waals surface area (Å²) in [7, 11) is 0. The molecule has 16 heavy (non-hydrogen) atoms. The molecule has 4 nitrogen and oxygen atoms in total. The number of hydrogen-bond acceptors (Lipinski definition) is 2. The number of carbonyl (C=O) groups is 2. The van der Waals surface area contributed by atoms with E-state index in [0.29, 0.717) is 0 Å². The Hall–Kier alpha value is -0.970. The fourth-order valence-corrected chi connectivity index (χ4v) is 2.10. The Morgan fingerprint density at radius 2 is 1.81 bits per heavy atom. The van der Waals surface area contributed by atoms with Gasteiger partial charge in [0.05, 0.1) is 26.3 Å². The van der Waals surface area contributed by atoms with E-state index in [9.17, 15) is 9.59 Å². The number of nitrogens with one attached hydrogen (secondary N) is 1. The number of hydrogen-bond donors (Lipinski definition) is 2. The van der Waals surface area contributed by atoms with Gasteiger partial charge in [0.1, 0.15) is 0 Å². The Bertz CT molecular complexity index is 474. The number of carboxylic acids is 1. The van der Waals surface area contributed by atoms with Crippen molar-refractivity contribution in [2.75, 3.05) is 5.32 Å². The molecule has 1 aromatic rings. The van der Waals surface area contributed by atoms with E-state index < -0.39 is 11.9 Å². The van der Waals surface area contributed by atoms with E-state index >= 15 is 0 Å². The molecule has 0 fully saturated rings. The molecule has 1 aromatic carbocycles. The van der Waals surface area contributed by atoms with Crippen LogP contribution in [0.1, 0.15) is 17.3 Å². The van der Waals surface area contributed by atoms with E-state index in [4.69, 9.17) is 39.9 Å². The van der Waals surface area contributed by atoms with Gasteiger partial charge in [-0.1, -0.05) is 34.8 Å². The van der Waals surface area contributed by atoms with E-state index in [2.05, 4.69) is 5.32 Å². The number of anilines is 1. The first kappa shape index (κ1) is 13.1. The maximum atomic E-state index is 10.9. The second-order valence-corrected chi connectivity index (χ2v) is 4.08. The first-order chi connectivity index (χ1) is 7.34. The fraction of sp³-hybridized carbons (Fsp3) is 0.111. The summed E-state index contributed by atoms with van der Waals surface area (Å²) in [6, 6.07) is 1.21. The van der Waals surface area contributed by atoms with Gasteiger partial charge in [-0.25, -0.2) is 4.79 Å². The molecule has 0 unspecified atom stereocenters. The van der Waals surface area contributed by atoms with Crippen LogP contribution >= 0.6 is 34.8 Å². The van der Waals surface area contributed by atoms with Crippen LogP contribution in [0.3, 0.4) is 0 Å². The molecule has 7 heteroatoms. The Morgan fingerprint density at radius 1 is 1.25 bits per heavy atom. The standard InChI is InChI=1S/C9H6Cl3NO3/c1-3(14)13-8-5(11)2-4(10)6(7(8)12)9(15)16/h2H,1H3,(H,13,14)(H,15,16). The van der Waals surface area contributed by atoms with E-state index in [1.807, 2.05) is 0 Å². The van der Waals surface area contributed by atoms with E-state index in [0.717, 1.165) is 0 Å². The number of rotatable bonds is 2. The highest BCUT2D eigenvalue weighted by Gasteiger charge is 2.20. The highest BCUT2D eigenvalue weighted by Crippen LogP contribution is 2.37. The number of halogens is 3. The minimum atomic E-state index is -1.29. The third-order valence-electron chi connectivity index (χ3n) is 1.68. The lowest BCUT2D eigenvalue weighted by molar-refractivity contribution is -0.114. The highest BCUT2D eigenvalue weighted by atomic mass is 35.5. The molecule has 0 aromatic heterocycles. The van der Waals surface area contributed by atoms with Crippen LogP contribution in [0.15, 0.2) is 6.07 Å². The first-order valence-electron chi connectivity index (χ1n) is 4.03. The van der Waals surface area contributed by atoms with Crippen molar-refractivity contribution in [1.82, 2.24) is 0 Å². The minimum absolute atomic E-state index is 0.0395. The molecule has 0 aliphatic carbocycles. The van der Waals surface area contributed by atoms with Crippen molar-refractivity contribution in [3.05, 3.63) is 26.7 Å². The normalized spacial score (nSPS) is 10.0. The summed E-state index contributed by atoms with van der Waals surface area (Å²) in [4.78, 5) is 21.7. The van der Waals surface area contributed by atoms with Crippen molar-refractivity contribution >= 4 is 52.4 Å². The number of carboxylic acid groups (broad SMARTS) is 1. The molecule has 0 saturated heterocycles. The van der Waals surface area contributed by atoms with Crippen molar-refractivity contribution in [1.29, 1.82) is 0 Å². The van der Waals surface area contributed by atoms with Gasteiger partial charge in [-0.3, -0.25) is 4.79 Å². The second kappa shape index (κ2) is 4.91. The predicted molar refractivity (Wildman–Crippen MR) is 62.7 cm³/mol. The van der Waals surface area contributed by atoms with Crippen molar-refractivity contribution < 1.29 is 14.7 Å². The molecule has 0 bridgehead atoms. The van der Waals surface area contributed by atoms with Gasteiger partial charge in [0.25, 0.3) is 0 Å². The summed E-state index contributed by atoms with van der Waals surface area (Å²) in [5, 5.41) is 11.0. The lowest BCUT2D eigenvalue weighted by atomic mass is 10.2. The zero-order valence-corrected chi connectivity index (χ0v) is 10.2. The third kappa shape index (κ3) is 2.58. The van der Waals surface area contributed by atoms with Crippen LogP contribution in [0.2, 0.25) is 15.1 Å². The topological polar surface area (TPSA) is 66.4 Å². The van der Waals surface area contributed by atoms with Crippen LogP contribution < -0.4 is 5.32 Å². The van der Waals surface area contributed by atoms with Crippen molar-refractivity contribution in [3.63, 3.8) is 0 Å². The van der Waals surface area contributed by atoms with Crippen LogP contribution in [-0.4, -0.2) is 17.0 Å². The summed E-state index contributed by atoms with van der Waals surface area (Å²) < 4.78 is 0. The van der Waals surface area contributed by atoms with Gasteiger partial charge in [-0.15, -0.1) is 0 Å². The fourth-order valence-electron chi connectivity index (χ4n) is 1.08. The average Bonchev–Trinajstić information content (AvgIpc) is 2.10. The first-order valence-corrected chi connectivity index (χ1v) is 5.16. The average molecular weight is 283 g/mol. The van der Waals surface area contributed by atoms with Gasteiger partial charge in [-0.2, -0.15) is 0 Å². The van der Waals surface area contributed by atoms with Crippen molar-refractivity contribution in [2.45, 2.75) is 6.92 Å². The number of benzene rings is 1. The lowest BCUT2D eigenvalue weighted by Crippen LogP contribution is -2.09. The molecule has 0 heterocycles. The summed E-state index contributed by atoms with van der Waals surface area (Å²) >= 11 is 17.2. The highest BCUT2D eigenvalue weighted by molar-refractivity contribution is 6.45. The Labute approximate surface area is 106 Å². The van der Waals surface area contributed by atoms with Gasteiger partial charge in [0.2, 0.25) is 5.91 Å². The molecule has 86 valence electrons. The monoisotopic (exact) mass is 281 g/mol. The smallest absolute Gasteiger partial charge is 0.338 e. The number of carbonyl (C=O) groups excluding carboxylic acids is 1. The Kier molecular flexibility index (Phi) is 4.02. The molecule has 0 atom stereocenters. The van der Waals surface area contributed by atoms with Crippen LogP contribution in [0.5, 0.6) is 0 Å². The molecule has 0 radical (unpaired) electrons. The summed E-state index contributed by atoms with van der Waals surface area (Å²) in [6.45, 7) is 1.25. The molecule has 0 saturated carbocycles. The van der Waals surface area contributed by atoms with Gasteiger partial charge >= 0.3 is 5.97 Å². The Balaban J connectivity index is 3.44. The molecular formula is C9H6Cl3NO3. The quantitative estimate of drug-likeness (QED) is 0.874. The zero-order valence-electron chi connectivity index (χ0n) is 7.97. The minimum Gasteiger partial charge on any atom is -0.478 e. The zero-order chi connectivity index (χ0) is 12.5. The van der Waals surface area contributed by atoms with Crippen molar-refractivity contribution in [3.8, 4) is 0 Å². The SMILES string of the molecule is CC(=O)Nc1c(Cl)cc(Cl)c(C(=O)O)c1Cl.